The molecule has 1 aliphatic carbocycles. The molecule has 0 bridgehead atoms. The van der Waals surface area contributed by atoms with Crippen LogP contribution < -0.4 is 4.74 Å². The number of hydrogen-bond donors (Lipinski definition) is 0. The predicted molar refractivity (Wildman–Crippen MR) is 76.6 cm³/mol. The topological polar surface area (TPSA) is 22.1 Å². The number of aryl methyl sites for hydroxylation is 1. The average molecular weight is 249 g/mol. The number of pyridine rings is 1. The fraction of sp³-hybridized carbons (Fsp3) is 0.235. The normalized spacial score (nSPS) is 23.2. The summed E-state index contributed by atoms with van der Waals surface area (Å²) in [6.07, 6.45) is 9.54. The molecule has 0 saturated heterocycles. The molecule has 2 aliphatic rings. The van der Waals surface area contributed by atoms with Crippen molar-refractivity contribution >= 4 is 10.9 Å². The Bertz CT molecular complexity index is 715. The van der Waals surface area contributed by atoms with Crippen LogP contribution in [0.25, 0.3) is 10.9 Å². The fourth-order valence-electron chi connectivity index (χ4n) is 3.07. The largest absolute Gasteiger partial charge is 0.483 e. The molecule has 4 rings (SSSR count). The Balaban J connectivity index is 2.02. The fourth-order valence-corrected chi connectivity index (χ4v) is 3.07. The molecule has 2 heteroatoms. The van der Waals surface area contributed by atoms with Gasteiger partial charge in [-0.2, -0.15) is 0 Å². The maximum Gasteiger partial charge on any atom is 0.146 e. The van der Waals surface area contributed by atoms with Gasteiger partial charge in [0.05, 0.1) is 17.1 Å². The van der Waals surface area contributed by atoms with E-state index in [1.807, 2.05) is 6.07 Å². The van der Waals surface area contributed by atoms with Crippen molar-refractivity contribution in [3.63, 3.8) is 0 Å². The molecular weight excluding hydrogens is 234 g/mol. The first-order valence-corrected chi connectivity index (χ1v) is 6.81. The Kier molecular flexibility index (Phi) is 2.25. The van der Waals surface area contributed by atoms with Crippen LogP contribution >= 0.6 is 0 Å². The lowest BCUT2D eigenvalue weighted by molar-refractivity contribution is 0.267. The van der Waals surface area contributed by atoms with Gasteiger partial charge in [0, 0.05) is 10.9 Å². The predicted octanol–water partition coefficient (Wildman–Crippen LogP) is 3.77. The highest BCUT2D eigenvalue weighted by Gasteiger charge is 2.35. The van der Waals surface area contributed by atoms with Crippen LogP contribution in [0.3, 0.4) is 0 Å². The second kappa shape index (κ2) is 3.95. The molecule has 2 nitrogen and oxygen atoms in total. The number of nitrogens with zero attached hydrogens (tertiary/aromatic N) is 1. The maximum atomic E-state index is 6.14. The molecule has 2 unspecified atom stereocenters. The van der Waals surface area contributed by atoms with Crippen molar-refractivity contribution in [2.24, 2.45) is 0 Å². The van der Waals surface area contributed by atoms with Crippen LogP contribution in [0.4, 0.5) is 0 Å². The number of para-hydroxylation sites is 1. The third-order valence-corrected chi connectivity index (χ3v) is 3.98. The van der Waals surface area contributed by atoms with Gasteiger partial charge in [-0.15, -0.1) is 0 Å². The van der Waals surface area contributed by atoms with Crippen molar-refractivity contribution in [3.8, 4) is 5.75 Å². The van der Waals surface area contributed by atoms with E-state index in [-0.39, 0.29) is 12.0 Å². The summed E-state index contributed by atoms with van der Waals surface area (Å²) in [5.74, 6) is 1.28. The highest BCUT2D eigenvalue weighted by Crippen LogP contribution is 2.44. The molecule has 0 N–H and O–H groups in total. The third kappa shape index (κ3) is 1.46. The summed E-state index contributed by atoms with van der Waals surface area (Å²) in [5.41, 5.74) is 3.46. The Labute approximate surface area is 112 Å². The minimum Gasteiger partial charge on any atom is -0.483 e. The first kappa shape index (κ1) is 10.8. The van der Waals surface area contributed by atoms with Crippen molar-refractivity contribution in [2.45, 2.75) is 25.4 Å². The van der Waals surface area contributed by atoms with Gasteiger partial charge in [-0.1, -0.05) is 43.4 Å². The molecule has 94 valence electrons. The first-order chi connectivity index (χ1) is 9.38. The molecule has 0 fully saturated rings. The number of allylic oxidation sites excluding steroid dienone is 2. The van der Waals surface area contributed by atoms with E-state index in [0.717, 1.165) is 23.4 Å². The van der Waals surface area contributed by atoms with Gasteiger partial charge in [0.25, 0.3) is 0 Å². The summed E-state index contributed by atoms with van der Waals surface area (Å²) in [6, 6.07) is 8.34. The maximum absolute atomic E-state index is 6.14. The smallest absolute Gasteiger partial charge is 0.146 e. The Morgan fingerprint density at radius 3 is 2.89 bits per heavy atom. The minimum atomic E-state index is 0.120. The van der Waals surface area contributed by atoms with Crippen LogP contribution in [-0.2, 0) is 6.42 Å². The van der Waals surface area contributed by atoms with Gasteiger partial charge in [-0.3, -0.25) is 0 Å². The van der Waals surface area contributed by atoms with Crippen molar-refractivity contribution in [1.29, 1.82) is 0 Å². The van der Waals surface area contributed by atoms with Gasteiger partial charge in [0.15, 0.2) is 0 Å². The van der Waals surface area contributed by atoms with E-state index >= 15 is 0 Å². The van der Waals surface area contributed by atoms with Gasteiger partial charge >= 0.3 is 0 Å². The highest BCUT2D eigenvalue weighted by molar-refractivity contribution is 5.85. The summed E-state index contributed by atoms with van der Waals surface area (Å²) < 4.78 is 6.14. The lowest BCUT2D eigenvalue weighted by Crippen LogP contribution is -2.16. The van der Waals surface area contributed by atoms with E-state index in [1.54, 1.807) is 0 Å². The molecule has 1 aliphatic heterocycles. The van der Waals surface area contributed by atoms with Gasteiger partial charge in [-0.05, 0) is 18.6 Å². The number of hydrogen-bond acceptors (Lipinski definition) is 2. The molecule has 2 heterocycles. The van der Waals surface area contributed by atoms with E-state index in [0.29, 0.717) is 0 Å². The summed E-state index contributed by atoms with van der Waals surface area (Å²) in [4.78, 5) is 4.84. The van der Waals surface area contributed by atoms with E-state index in [9.17, 15) is 0 Å². The van der Waals surface area contributed by atoms with Crippen LogP contribution in [-0.4, -0.2) is 11.1 Å². The Hall–Kier alpha value is -2.09. The molecule has 0 radical (unpaired) electrons. The van der Waals surface area contributed by atoms with Gasteiger partial charge in [0.2, 0.25) is 0 Å². The molecule has 1 aromatic carbocycles. The molecule has 2 atom stereocenters. The zero-order valence-electron chi connectivity index (χ0n) is 10.8. The molecule has 0 amide bonds. The summed E-state index contributed by atoms with van der Waals surface area (Å²) in [6.45, 7) is 2.18. The molecular formula is C17H15NO. The van der Waals surface area contributed by atoms with Crippen molar-refractivity contribution < 1.29 is 4.74 Å². The SMILES string of the molecule is CCc1c2c(nc3ccccc13)C1C=CC=CC1O2. The van der Waals surface area contributed by atoms with Crippen LogP contribution in [0.15, 0.2) is 48.6 Å². The monoisotopic (exact) mass is 249 g/mol. The number of benzene rings is 1. The van der Waals surface area contributed by atoms with Gasteiger partial charge in [0.1, 0.15) is 11.9 Å². The average Bonchev–Trinajstić information content (AvgIpc) is 2.83. The van der Waals surface area contributed by atoms with Crippen LogP contribution in [0.1, 0.15) is 24.1 Å². The van der Waals surface area contributed by atoms with Crippen molar-refractivity contribution in [2.75, 3.05) is 0 Å². The molecule has 19 heavy (non-hydrogen) atoms. The molecule has 0 spiro atoms. The zero-order chi connectivity index (χ0) is 12.8. The summed E-state index contributed by atoms with van der Waals surface area (Å²) in [7, 11) is 0. The lowest BCUT2D eigenvalue weighted by Gasteiger charge is -2.13. The quantitative estimate of drug-likeness (QED) is 0.767. The van der Waals surface area contributed by atoms with E-state index in [2.05, 4.69) is 49.4 Å². The number of ether oxygens (including phenoxy) is 1. The number of aromatic nitrogens is 1. The first-order valence-electron chi connectivity index (χ1n) is 6.81. The molecule has 1 aromatic heterocycles. The molecule has 0 saturated carbocycles. The summed E-state index contributed by atoms with van der Waals surface area (Å²) in [5, 5.41) is 1.22. The van der Waals surface area contributed by atoms with Gasteiger partial charge < -0.3 is 4.74 Å². The van der Waals surface area contributed by atoms with E-state index in [4.69, 9.17) is 9.72 Å². The molecule has 2 aromatic rings. The van der Waals surface area contributed by atoms with Crippen molar-refractivity contribution in [3.05, 3.63) is 59.8 Å². The summed E-state index contributed by atoms with van der Waals surface area (Å²) >= 11 is 0. The Morgan fingerprint density at radius 2 is 2.00 bits per heavy atom. The zero-order valence-corrected chi connectivity index (χ0v) is 10.8. The Morgan fingerprint density at radius 1 is 1.16 bits per heavy atom. The minimum absolute atomic E-state index is 0.120. The highest BCUT2D eigenvalue weighted by atomic mass is 16.5. The third-order valence-electron chi connectivity index (χ3n) is 3.98. The van der Waals surface area contributed by atoms with Crippen LogP contribution in [0, 0.1) is 0 Å². The van der Waals surface area contributed by atoms with Crippen molar-refractivity contribution in [1.82, 2.24) is 4.98 Å². The second-order valence-corrected chi connectivity index (χ2v) is 5.05. The van der Waals surface area contributed by atoms with Crippen LogP contribution in [0.5, 0.6) is 5.75 Å². The standard InChI is InChI=1S/C17H15NO/c1-2-11-12-7-3-5-9-14(12)18-16-13-8-4-6-10-15(13)19-17(11)16/h3-10,13,15H,2H2,1H3. The number of fused-ring (bicyclic) bond motifs is 4. The van der Waals surface area contributed by atoms with Gasteiger partial charge in [-0.25, -0.2) is 4.98 Å². The van der Waals surface area contributed by atoms with E-state index < -0.39 is 0 Å². The van der Waals surface area contributed by atoms with E-state index in [1.165, 1.54) is 10.9 Å². The van der Waals surface area contributed by atoms with Crippen LogP contribution in [0.2, 0.25) is 0 Å². The number of rotatable bonds is 1. The second-order valence-electron chi connectivity index (χ2n) is 5.05. The lowest BCUT2D eigenvalue weighted by atomic mass is 9.94.